The van der Waals surface area contributed by atoms with Crippen molar-refractivity contribution in [2.45, 2.75) is 31.9 Å². The molecule has 216 valence electrons. The van der Waals surface area contributed by atoms with E-state index in [0.717, 1.165) is 36.3 Å². The Bertz CT molecular complexity index is 1320. The fraction of sp³-hybridized carbons (Fsp3) is 0.344. The molecule has 2 amide bonds. The molecule has 0 aromatic heterocycles. The molecule has 8 nitrogen and oxygen atoms in total. The second-order valence-electron chi connectivity index (χ2n) is 10.00. The molecule has 41 heavy (non-hydrogen) atoms. The normalized spacial score (nSPS) is 13.7. The van der Waals surface area contributed by atoms with E-state index in [1.54, 1.807) is 42.2 Å². The molecular weight excluding hydrogens is 536 g/mol. The number of ether oxygens (including phenoxy) is 1. The van der Waals surface area contributed by atoms with Gasteiger partial charge in [-0.3, -0.25) is 14.5 Å². The Hall–Kier alpha value is -3.66. The number of aryl methyl sites for hydroxylation is 1. The van der Waals surface area contributed by atoms with E-state index in [0.29, 0.717) is 35.1 Å². The number of amides is 2. The van der Waals surface area contributed by atoms with Gasteiger partial charge < -0.3 is 15.2 Å². The number of rotatable bonds is 13. The molecule has 9 heteroatoms. The number of hydrogen-bond acceptors (Lipinski definition) is 7. The maximum absolute atomic E-state index is 13.2. The van der Waals surface area contributed by atoms with Crippen LogP contribution >= 0.6 is 11.8 Å². The van der Waals surface area contributed by atoms with Gasteiger partial charge in [0.15, 0.2) is 0 Å². The second-order valence-corrected chi connectivity index (χ2v) is 11.1. The van der Waals surface area contributed by atoms with Crippen LogP contribution in [0.25, 0.3) is 0 Å². The summed E-state index contributed by atoms with van der Waals surface area (Å²) in [5, 5.41) is 16.0. The van der Waals surface area contributed by atoms with Crippen molar-refractivity contribution in [3.63, 3.8) is 0 Å². The van der Waals surface area contributed by atoms with Crippen LogP contribution in [0.1, 0.15) is 56.7 Å². The van der Waals surface area contributed by atoms with Gasteiger partial charge in [0.05, 0.1) is 24.1 Å². The molecule has 1 heterocycles. The first kappa shape index (κ1) is 30.3. The van der Waals surface area contributed by atoms with Crippen molar-refractivity contribution in [2.24, 2.45) is 5.10 Å². The van der Waals surface area contributed by atoms with Crippen molar-refractivity contribution in [1.29, 1.82) is 0 Å². The lowest BCUT2D eigenvalue weighted by atomic mass is 10.1. The van der Waals surface area contributed by atoms with Crippen molar-refractivity contribution in [3.8, 4) is 5.75 Å². The summed E-state index contributed by atoms with van der Waals surface area (Å²) in [4.78, 5) is 28.8. The Kier molecular flexibility index (Phi) is 11.8. The van der Waals surface area contributed by atoms with Gasteiger partial charge in [0, 0.05) is 23.6 Å². The Balaban J connectivity index is 1.47. The van der Waals surface area contributed by atoms with Crippen LogP contribution in [-0.4, -0.2) is 66.6 Å². The van der Waals surface area contributed by atoms with Crippen LogP contribution in [0.3, 0.4) is 0 Å². The number of piperidine rings is 1. The van der Waals surface area contributed by atoms with Gasteiger partial charge in [0.2, 0.25) is 0 Å². The largest absolute Gasteiger partial charge is 0.492 e. The van der Waals surface area contributed by atoms with Gasteiger partial charge in [-0.05, 0) is 74.3 Å². The number of benzene rings is 3. The molecule has 3 aromatic rings. The molecule has 0 radical (unpaired) electrons. The lowest BCUT2D eigenvalue weighted by molar-refractivity contribution is 0.0955. The number of aliphatic hydroxyl groups is 1. The summed E-state index contributed by atoms with van der Waals surface area (Å²) < 4.78 is 6.00. The molecule has 1 fully saturated rings. The van der Waals surface area contributed by atoms with E-state index in [-0.39, 0.29) is 18.1 Å². The maximum Gasteiger partial charge on any atom is 0.273 e. The lowest BCUT2D eigenvalue weighted by Crippen LogP contribution is -2.33. The molecule has 3 N–H and O–H groups in total. The number of aliphatic hydroxyl groups excluding tert-OH is 1. The minimum atomic E-state index is -0.459. The quantitative estimate of drug-likeness (QED) is 0.149. The number of carbonyl (C=O) groups excluding carboxylic acids is 2. The fourth-order valence-electron chi connectivity index (χ4n) is 4.52. The summed E-state index contributed by atoms with van der Waals surface area (Å²) in [6.45, 7) is 5.63. The van der Waals surface area contributed by atoms with Crippen molar-refractivity contribution in [1.82, 2.24) is 10.3 Å². The van der Waals surface area contributed by atoms with E-state index >= 15 is 0 Å². The van der Waals surface area contributed by atoms with E-state index in [2.05, 4.69) is 20.7 Å². The van der Waals surface area contributed by atoms with Crippen LogP contribution in [0.2, 0.25) is 0 Å². The molecule has 3 aromatic carbocycles. The van der Waals surface area contributed by atoms with E-state index in [9.17, 15) is 9.59 Å². The highest BCUT2D eigenvalue weighted by Gasteiger charge is 2.17. The highest BCUT2D eigenvalue weighted by molar-refractivity contribution is 7.98. The molecular formula is C32H38N4O4S. The first-order valence-electron chi connectivity index (χ1n) is 14.0. The monoisotopic (exact) mass is 574 g/mol. The summed E-state index contributed by atoms with van der Waals surface area (Å²) in [7, 11) is 0. The molecule has 0 unspecified atom stereocenters. The number of likely N-dealkylation sites (tertiary alicyclic amines) is 1. The number of hydrogen-bond donors (Lipinski definition) is 3. The summed E-state index contributed by atoms with van der Waals surface area (Å²) in [5.41, 5.74) is 6.66. The minimum Gasteiger partial charge on any atom is -0.492 e. The first-order valence-corrected chi connectivity index (χ1v) is 15.2. The number of nitrogens with one attached hydrogen (secondary N) is 2. The topological polar surface area (TPSA) is 103 Å². The van der Waals surface area contributed by atoms with Crippen LogP contribution < -0.4 is 15.5 Å². The van der Waals surface area contributed by atoms with E-state index < -0.39 is 5.91 Å². The average molecular weight is 575 g/mol. The van der Waals surface area contributed by atoms with Gasteiger partial charge in [-0.1, -0.05) is 48.4 Å². The minimum absolute atomic E-state index is 0.114. The van der Waals surface area contributed by atoms with Crippen LogP contribution in [-0.2, 0) is 5.75 Å². The number of anilines is 1. The Labute approximate surface area is 246 Å². The fourth-order valence-corrected chi connectivity index (χ4v) is 5.20. The Morgan fingerprint density at radius 2 is 1.83 bits per heavy atom. The van der Waals surface area contributed by atoms with Crippen molar-refractivity contribution in [3.05, 3.63) is 94.5 Å². The van der Waals surface area contributed by atoms with Gasteiger partial charge in [-0.15, -0.1) is 0 Å². The van der Waals surface area contributed by atoms with Crippen molar-refractivity contribution >= 4 is 35.5 Å². The van der Waals surface area contributed by atoms with E-state index in [4.69, 9.17) is 9.84 Å². The zero-order valence-electron chi connectivity index (χ0n) is 23.5. The third-order valence-corrected chi connectivity index (χ3v) is 7.77. The van der Waals surface area contributed by atoms with Crippen LogP contribution in [0.4, 0.5) is 5.69 Å². The van der Waals surface area contributed by atoms with Gasteiger partial charge in [0.1, 0.15) is 12.4 Å². The summed E-state index contributed by atoms with van der Waals surface area (Å²) in [6.07, 6.45) is 5.29. The number of carbonyl (C=O) groups is 2. The van der Waals surface area contributed by atoms with E-state index in [1.165, 1.54) is 19.3 Å². The third kappa shape index (κ3) is 9.74. The van der Waals surface area contributed by atoms with Crippen LogP contribution in [0.5, 0.6) is 5.75 Å². The number of thioether (sulfide) groups is 1. The molecule has 0 saturated carbocycles. The lowest BCUT2D eigenvalue weighted by Gasteiger charge is -2.26. The second kappa shape index (κ2) is 16.0. The summed E-state index contributed by atoms with van der Waals surface area (Å²) in [6, 6.07) is 20.2. The third-order valence-electron chi connectivity index (χ3n) is 6.76. The highest BCUT2D eigenvalue weighted by Crippen LogP contribution is 2.24. The van der Waals surface area contributed by atoms with Gasteiger partial charge >= 0.3 is 0 Å². The zero-order valence-corrected chi connectivity index (χ0v) is 24.3. The van der Waals surface area contributed by atoms with Crippen LogP contribution in [0, 0.1) is 6.92 Å². The molecule has 1 aliphatic heterocycles. The van der Waals surface area contributed by atoms with Gasteiger partial charge in [-0.2, -0.15) is 16.9 Å². The SMILES string of the molecule is Cc1ccc(/C=N/NC(=O)c2cc(OCCN3CCCCC3)ccc2NC(=O)c2cccc(CSCCO)c2)cc1. The summed E-state index contributed by atoms with van der Waals surface area (Å²) in [5.74, 6) is 1.09. The van der Waals surface area contributed by atoms with Crippen molar-refractivity contribution in [2.75, 3.05) is 43.9 Å². The van der Waals surface area contributed by atoms with Gasteiger partial charge in [-0.25, -0.2) is 5.43 Å². The van der Waals surface area contributed by atoms with Gasteiger partial charge in [0.25, 0.3) is 11.8 Å². The van der Waals surface area contributed by atoms with E-state index in [1.807, 2.05) is 49.4 Å². The standard InChI is InChI=1S/C32H38N4O4S/c1-24-8-10-25(11-9-24)22-33-35-32(39)29-21-28(40-18-16-36-14-3-2-4-15-36)12-13-30(29)34-31(38)27-7-5-6-26(20-27)23-41-19-17-37/h5-13,20-22,37H,2-4,14-19,23H2,1H3,(H,34,38)(H,35,39)/b33-22+. The highest BCUT2D eigenvalue weighted by atomic mass is 32.2. The summed E-state index contributed by atoms with van der Waals surface area (Å²) >= 11 is 1.60. The molecule has 1 aliphatic rings. The Morgan fingerprint density at radius 1 is 1.02 bits per heavy atom. The molecule has 1 saturated heterocycles. The average Bonchev–Trinajstić information content (AvgIpc) is 2.99. The van der Waals surface area contributed by atoms with Crippen molar-refractivity contribution < 1.29 is 19.4 Å². The maximum atomic E-state index is 13.2. The first-order chi connectivity index (χ1) is 20.0. The smallest absolute Gasteiger partial charge is 0.273 e. The van der Waals surface area contributed by atoms with Crippen LogP contribution in [0.15, 0.2) is 71.8 Å². The number of nitrogens with zero attached hydrogens (tertiary/aromatic N) is 2. The molecule has 0 aliphatic carbocycles. The zero-order chi connectivity index (χ0) is 28.9. The molecule has 0 spiro atoms. The number of hydrazone groups is 1. The molecule has 0 atom stereocenters. The predicted molar refractivity (Wildman–Crippen MR) is 166 cm³/mol. The molecule has 0 bridgehead atoms. The molecule has 4 rings (SSSR count). The Morgan fingerprint density at radius 3 is 2.61 bits per heavy atom. The predicted octanol–water partition coefficient (Wildman–Crippen LogP) is 5.10.